The van der Waals surface area contributed by atoms with Crippen LogP contribution in [0.4, 0.5) is 10.1 Å². The molecule has 0 aliphatic rings. The second-order valence-electron chi connectivity index (χ2n) is 6.36. The molecule has 2 aromatic rings. The first-order valence-corrected chi connectivity index (χ1v) is 9.27. The number of nitriles is 1. The molecule has 0 spiro atoms. The number of benzene rings is 2. The van der Waals surface area contributed by atoms with Gasteiger partial charge in [0, 0.05) is 18.7 Å². The Bertz CT molecular complexity index is 862. The highest BCUT2D eigenvalue weighted by molar-refractivity contribution is 5.95. The zero-order chi connectivity index (χ0) is 21.1. The van der Waals surface area contributed by atoms with Gasteiger partial charge in [-0.1, -0.05) is 12.1 Å². The van der Waals surface area contributed by atoms with Gasteiger partial charge < -0.3 is 14.4 Å². The third-order valence-electron chi connectivity index (χ3n) is 4.03. The van der Waals surface area contributed by atoms with Gasteiger partial charge in [-0.05, 0) is 55.3 Å². The Morgan fingerprint density at radius 2 is 1.93 bits per heavy atom. The molecule has 7 heteroatoms. The van der Waals surface area contributed by atoms with Gasteiger partial charge in [-0.3, -0.25) is 9.59 Å². The first-order valence-electron chi connectivity index (χ1n) is 9.27. The Balaban J connectivity index is 1.77. The van der Waals surface area contributed by atoms with Gasteiger partial charge in [0.05, 0.1) is 19.1 Å². The number of carbonyl (C=O) groups excluding carboxylic acids is 2. The lowest BCUT2D eigenvalue weighted by Crippen LogP contribution is -2.35. The van der Waals surface area contributed by atoms with Gasteiger partial charge in [-0.2, -0.15) is 5.26 Å². The molecule has 0 N–H and O–H groups in total. The highest BCUT2D eigenvalue weighted by Gasteiger charge is 2.17. The molecule has 0 bridgehead atoms. The van der Waals surface area contributed by atoms with Gasteiger partial charge in [0.1, 0.15) is 11.6 Å². The molecular weight excluding hydrogens is 375 g/mol. The van der Waals surface area contributed by atoms with Crippen molar-refractivity contribution in [2.45, 2.75) is 26.2 Å². The van der Waals surface area contributed by atoms with Gasteiger partial charge in [-0.15, -0.1) is 0 Å². The Hall–Kier alpha value is -3.40. The highest BCUT2D eigenvalue weighted by Crippen LogP contribution is 2.16. The average molecular weight is 398 g/mol. The summed E-state index contributed by atoms with van der Waals surface area (Å²) in [6.45, 7) is 2.01. The lowest BCUT2D eigenvalue weighted by atomic mass is 10.2. The van der Waals surface area contributed by atoms with E-state index in [0.717, 1.165) is 11.3 Å². The Morgan fingerprint density at radius 1 is 1.17 bits per heavy atom. The number of amides is 1. The minimum Gasteiger partial charge on any atom is -0.494 e. The summed E-state index contributed by atoms with van der Waals surface area (Å²) < 4.78 is 23.7. The standard InChI is InChI=1S/C22H23FN2O4/c1-17-5-2-6-20(15-17)28-14-3-7-22(27)29-16-21(26)25(13-4-12-24)19-10-8-18(23)9-11-19/h2,5-6,8-11,15H,3-4,7,13-14,16H2,1H3. The van der Waals surface area contributed by atoms with E-state index in [1.54, 1.807) is 0 Å². The van der Waals surface area contributed by atoms with E-state index in [4.69, 9.17) is 14.7 Å². The van der Waals surface area contributed by atoms with Crippen LogP contribution in [-0.4, -0.2) is 31.6 Å². The van der Waals surface area contributed by atoms with Crippen LogP contribution in [0.1, 0.15) is 24.8 Å². The Kier molecular flexibility index (Phi) is 8.64. The van der Waals surface area contributed by atoms with Crippen LogP contribution in [0.25, 0.3) is 0 Å². The summed E-state index contributed by atoms with van der Waals surface area (Å²) in [5.74, 6) is -0.677. The summed E-state index contributed by atoms with van der Waals surface area (Å²) in [4.78, 5) is 25.6. The monoisotopic (exact) mass is 398 g/mol. The molecule has 29 heavy (non-hydrogen) atoms. The number of nitrogens with zero attached hydrogens (tertiary/aromatic N) is 2. The molecule has 152 valence electrons. The molecule has 2 rings (SSSR count). The molecular formula is C22H23FN2O4. The zero-order valence-electron chi connectivity index (χ0n) is 16.3. The smallest absolute Gasteiger partial charge is 0.306 e. The molecule has 0 fully saturated rings. The van der Waals surface area contributed by atoms with Gasteiger partial charge in [0.25, 0.3) is 5.91 Å². The van der Waals surface area contributed by atoms with Crippen molar-refractivity contribution in [1.82, 2.24) is 0 Å². The topological polar surface area (TPSA) is 79.6 Å². The summed E-state index contributed by atoms with van der Waals surface area (Å²) in [5, 5.41) is 8.78. The summed E-state index contributed by atoms with van der Waals surface area (Å²) in [5.41, 5.74) is 1.52. The number of hydrogen-bond donors (Lipinski definition) is 0. The van der Waals surface area contributed by atoms with Crippen LogP contribution in [0.15, 0.2) is 48.5 Å². The maximum Gasteiger partial charge on any atom is 0.306 e. The molecule has 0 aliphatic carbocycles. The predicted molar refractivity (Wildman–Crippen MR) is 106 cm³/mol. The molecule has 0 aliphatic heterocycles. The van der Waals surface area contributed by atoms with Crippen molar-refractivity contribution >= 4 is 17.6 Å². The van der Waals surface area contributed by atoms with Gasteiger partial charge in [0.15, 0.2) is 6.61 Å². The van der Waals surface area contributed by atoms with E-state index in [9.17, 15) is 14.0 Å². The van der Waals surface area contributed by atoms with Crippen LogP contribution < -0.4 is 9.64 Å². The Labute approximate surface area is 169 Å². The first kappa shape index (κ1) is 21.9. The van der Waals surface area contributed by atoms with Crippen LogP contribution in [0.5, 0.6) is 5.75 Å². The molecule has 0 aromatic heterocycles. The van der Waals surface area contributed by atoms with E-state index >= 15 is 0 Å². The normalized spacial score (nSPS) is 10.1. The second kappa shape index (κ2) is 11.4. The minimum atomic E-state index is -0.509. The van der Waals surface area contributed by atoms with Gasteiger partial charge >= 0.3 is 5.97 Å². The molecule has 0 heterocycles. The average Bonchev–Trinajstić information content (AvgIpc) is 2.71. The van der Waals surface area contributed by atoms with Crippen molar-refractivity contribution < 1.29 is 23.5 Å². The third kappa shape index (κ3) is 7.62. The van der Waals surface area contributed by atoms with Crippen LogP contribution in [0.2, 0.25) is 0 Å². The van der Waals surface area contributed by atoms with Crippen molar-refractivity contribution in [3.63, 3.8) is 0 Å². The summed E-state index contributed by atoms with van der Waals surface area (Å²) >= 11 is 0. The number of anilines is 1. The molecule has 0 atom stereocenters. The van der Waals surface area contributed by atoms with E-state index < -0.39 is 24.3 Å². The fraction of sp³-hybridized carbons (Fsp3) is 0.318. The molecule has 2 aromatic carbocycles. The summed E-state index contributed by atoms with van der Waals surface area (Å²) in [6.07, 6.45) is 0.679. The largest absolute Gasteiger partial charge is 0.494 e. The van der Waals surface area contributed by atoms with Gasteiger partial charge in [0.2, 0.25) is 0 Å². The van der Waals surface area contributed by atoms with Crippen molar-refractivity contribution in [2.24, 2.45) is 0 Å². The van der Waals surface area contributed by atoms with Crippen molar-refractivity contribution in [3.05, 3.63) is 59.9 Å². The quantitative estimate of drug-likeness (QED) is 0.449. The summed E-state index contributed by atoms with van der Waals surface area (Å²) in [7, 11) is 0. The van der Waals surface area contributed by atoms with Crippen molar-refractivity contribution in [3.8, 4) is 11.8 Å². The second-order valence-corrected chi connectivity index (χ2v) is 6.36. The number of ether oxygens (including phenoxy) is 2. The lowest BCUT2D eigenvalue weighted by molar-refractivity contribution is -0.148. The zero-order valence-corrected chi connectivity index (χ0v) is 16.3. The van der Waals surface area contributed by atoms with E-state index in [2.05, 4.69) is 0 Å². The van der Waals surface area contributed by atoms with E-state index in [1.807, 2.05) is 37.3 Å². The number of aryl methyl sites for hydroxylation is 1. The third-order valence-corrected chi connectivity index (χ3v) is 4.03. The molecule has 1 amide bonds. The minimum absolute atomic E-state index is 0.105. The van der Waals surface area contributed by atoms with Crippen LogP contribution in [0.3, 0.4) is 0 Å². The fourth-order valence-electron chi connectivity index (χ4n) is 2.58. The van der Waals surface area contributed by atoms with Crippen molar-refractivity contribution in [2.75, 3.05) is 24.7 Å². The SMILES string of the molecule is Cc1cccc(OCCCC(=O)OCC(=O)N(CCC#N)c2ccc(F)cc2)c1. The number of carbonyl (C=O) groups is 2. The molecule has 0 saturated heterocycles. The van der Waals surface area contributed by atoms with Gasteiger partial charge in [-0.25, -0.2) is 4.39 Å². The highest BCUT2D eigenvalue weighted by atomic mass is 19.1. The fourth-order valence-corrected chi connectivity index (χ4v) is 2.58. The Morgan fingerprint density at radius 3 is 2.62 bits per heavy atom. The molecule has 0 unspecified atom stereocenters. The number of hydrogen-bond acceptors (Lipinski definition) is 5. The predicted octanol–water partition coefficient (Wildman–Crippen LogP) is 3.78. The lowest BCUT2D eigenvalue weighted by Gasteiger charge is -2.21. The van der Waals surface area contributed by atoms with Crippen molar-refractivity contribution in [1.29, 1.82) is 5.26 Å². The molecule has 0 radical (unpaired) electrons. The molecule has 0 saturated carbocycles. The number of esters is 1. The maximum absolute atomic E-state index is 13.1. The molecule has 6 nitrogen and oxygen atoms in total. The first-order chi connectivity index (χ1) is 14.0. The maximum atomic E-state index is 13.1. The van der Waals surface area contributed by atoms with Crippen LogP contribution in [0, 0.1) is 24.1 Å². The summed E-state index contributed by atoms with van der Waals surface area (Å²) in [6, 6.07) is 14.9. The van der Waals surface area contributed by atoms with Crippen LogP contribution >= 0.6 is 0 Å². The van der Waals surface area contributed by atoms with E-state index in [-0.39, 0.29) is 19.4 Å². The number of halogens is 1. The van der Waals surface area contributed by atoms with E-state index in [0.29, 0.717) is 18.7 Å². The number of rotatable bonds is 10. The van der Waals surface area contributed by atoms with Crippen LogP contribution in [-0.2, 0) is 14.3 Å². The van der Waals surface area contributed by atoms with E-state index in [1.165, 1.54) is 29.2 Å².